The van der Waals surface area contributed by atoms with E-state index in [1.807, 2.05) is 82.7 Å². The van der Waals surface area contributed by atoms with Gasteiger partial charge in [0, 0.05) is 126 Å². The van der Waals surface area contributed by atoms with Crippen LogP contribution < -0.4 is 36.6 Å². The Hall–Kier alpha value is -7.77. The predicted octanol–water partition coefficient (Wildman–Crippen LogP) is 6.72. The number of anilines is 3. The molecule has 0 bridgehead atoms. The number of hydrogen-bond donors (Lipinski definition) is 6. The average molecular weight is 1210 g/mol. The molecular formula is C61H76F4N12O8S. The molecule has 1 unspecified atom stereocenters. The van der Waals surface area contributed by atoms with Gasteiger partial charge in [-0.25, -0.2) is 14.4 Å². The van der Waals surface area contributed by atoms with E-state index in [-0.39, 0.29) is 97.5 Å². The highest BCUT2D eigenvalue weighted by Gasteiger charge is 2.43. The second kappa shape index (κ2) is 27.7. The van der Waals surface area contributed by atoms with Crippen molar-refractivity contribution in [2.24, 2.45) is 5.41 Å². The summed E-state index contributed by atoms with van der Waals surface area (Å²) in [6, 6.07) is 12.2. The van der Waals surface area contributed by atoms with Crippen LogP contribution >= 0.6 is 11.3 Å². The van der Waals surface area contributed by atoms with Crippen LogP contribution in [0.5, 0.6) is 0 Å². The van der Waals surface area contributed by atoms with Crippen molar-refractivity contribution < 1.29 is 51.4 Å². The zero-order valence-corrected chi connectivity index (χ0v) is 50.3. The van der Waals surface area contributed by atoms with Gasteiger partial charge in [0.25, 0.3) is 5.91 Å². The number of aliphatic hydroxyl groups is 1. The molecule has 0 radical (unpaired) electrons. The highest BCUT2D eigenvalue weighted by atomic mass is 32.1. The van der Waals surface area contributed by atoms with E-state index in [0.29, 0.717) is 82.2 Å². The molecule has 3 aromatic heterocycles. The highest BCUT2D eigenvalue weighted by Crippen LogP contribution is 2.38. The maximum atomic E-state index is 16.2. The van der Waals surface area contributed by atoms with Crippen LogP contribution in [0.15, 0.2) is 77.3 Å². The van der Waals surface area contributed by atoms with Crippen LogP contribution in [0.25, 0.3) is 21.6 Å². The zero-order chi connectivity index (χ0) is 62.2. The summed E-state index contributed by atoms with van der Waals surface area (Å²) in [7, 11) is 1.96. The number of alkyl halides is 3. The zero-order valence-electron chi connectivity index (χ0n) is 49.5. The number of H-pyrrole nitrogens is 1. The van der Waals surface area contributed by atoms with Crippen LogP contribution in [0.4, 0.5) is 34.8 Å². The Bertz CT molecular complexity index is 3300. The number of β-amino-alcohol motifs (C(OH)–C–C–N with tert-alkyl or cyclic N) is 1. The molecule has 5 aromatic rings. The number of amides is 6. The van der Waals surface area contributed by atoms with E-state index in [4.69, 9.17) is 0 Å². The summed E-state index contributed by atoms with van der Waals surface area (Å²) < 4.78 is 58.3. The fourth-order valence-electron chi connectivity index (χ4n) is 11.1. The standard InChI is InChI=1S/C61H76F4N12O8S/c1-36-32-76(33-37(2)73(36)7)49-27-46(62)43(25-47(49)72-57(83)44-31-68-54(81)26-45(44)61(63,64)65)41-15-16-51(67-30-41)74-20-22-75(23-21-74)55(82)18-17-52(79)66-19-9-8-10-53(80)71-48(28-60(4,5)6)59(85)77-34-42(78)24-50(77)58(84)69-29-39-11-13-40(14-12-39)56-38(3)70-35-86-56/h11-16,25-27,30-31,35-37,42,48,50,78H,8-10,17-24,28-29,32-34H2,1-7H3,(H,66,79)(H,68,81)(H,69,84)(H,71,80)(H,72,83)/t36-,37+,42-,48?,50+/m1/s1. The van der Waals surface area contributed by atoms with E-state index in [2.05, 4.69) is 41.1 Å². The number of carbonyl (C=O) groups is 6. The number of rotatable bonds is 20. The number of aryl methyl sites for hydroxylation is 1. The fourth-order valence-corrected chi connectivity index (χ4v) is 11.9. The molecule has 86 heavy (non-hydrogen) atoms. The molecule has 25 heteroatoms. The van der Waals surface area contributed by atoms with Gasteiger partial charge in [-0.3, -0.25) is 38.5 Å². The maximum Gasteiger partial charge on any atom is 0.417 e. The van der Waals surface area contributed by atoms with Crippen LogP contribution in [0.3, 0.4) is 0 Å². The largest absolute Gasteiger partial charge is 0.417 e. The lowest BCUT2D eigenvalue weighted by molar-refractivity contribution is -0.142. The van der Waals surface area contributed by atoms with Gasteiger partial charge in [-0.05, 0) is 87.9 Å². The van der Waals surface area contributed by atoms with Gasteiger partial charge >= 0.3 is 6.18 Å². The van der Waals surface area contributed by atoms with Crippen molar-refractivity contribution in [1.82, 2.24) is 45.6 Å². The Morgan fingerprint density at radius 1 is 0.837 bits per heavy atom. The van der Waals surface area contributed by atoms with Crippen LogP contribution in [-0.4, -0.2) is 160 Å². The molecule has 3 aliphatic rings. The number of nitrogens with one attached hydrogen (secondary N) is 5. The van der Waals surface area contributed by atoms with Gasteiger partial charge in [0.1, 0.15) is 23.7 Å². The summed E-state index contributed by atoms with van der Waals surface area (Å²) in [5.74, 6) is -2.97. The van der Waals surface area contributed by atoms with Crippen molar-refractivity contribution in [2.45, 2.75) is 129 Å². The SMILES string of the molecule is Cc1ncsc1-c1ccc(CNC(=O)[C@@H]2C[C@@H](O)CN2C(=O)C(CC(C)(C)C)NC(=O)CCCCNC(=O)CCC(=O)N2CCN(c3ccc(-c4cc(NC(=O)c5c[nH]c(=O)cc5C(F)(F)F)c(N5C[C@@H](C)N(C)[C@@H](C)C5)cc4F)cn3)CC2)cc1. The quantitative estimate of drug-likeness (QED) is 0.0351. The number of likely N-dealkylation sites (N-methyl/N-ethyl adjacent to an activating group) is 1. The van der Waals surface area contributed by atoms with Crippen molar-refractivity contribution in [1.29, 1.82) is 0 Å². The number of thiazole rings is 1. The Labute approximate surface area is 501 Å². The van der Waals surface area contributed by atoms with E-state index in [1.54, 1.807) is 33.9 Å². The lowest BCUT2D eigenvalue weighted by Crippen LogP contribution is -2.55. The van der Waals surface area contributed by atoms with Gasteiger partial charge in [-0.15, -0.1) is 11.3 Å². The van der Waals surface area contributed by atoms with E-state index in [1.165, 1.54) is 23.2 Å². The second-order valence-corrected chi connectivity index (χ2v) is 24.6. The third-order valence-electron chi connectivity index (χ3n) is 16.0. The fraction of sp³-hybridized carbons (Fsp3) is 0.492. The van der Waals surface area contributed by atoms with Gasteiger partial charge in [0.15, 0.2) is 0 Å². The van der Waals surface area contributed by atoms with E-state index in [9.17, 15) is 51.8 Å². The van der Waals surface area contributed by atoms with Crippen molar-refractivity contribution >= 4 is 64.0 Å². The number of aromatic nitrogens is 3. The molecular weight excluding hydrogens is 1140 g/mol. The minimum absolute atomic E-state index is 0.0168. The molecule has 8 rings (SSSR count). The number of nitrogens with zero attached hydrogens (tertiary/aromatic N) is 7. The van der Waals surface area contributed by atoms with Crippen molar-refractivity contribution in [3.05, 3.63) is 111 Å². The third kappa shape index (κ3) is 16.4. The van der Waals surface area contributed by atoms with Gasteiger partial charge in [0.2, 0.25) is 35.1 Å². The molecule has 6 N–H and O–H groups in total. The molecule has 0 aliphatic carbocycles. The summed E-state index contributed by atoms with van der Waals surface area (Å²) in [4.78, 5) is 114. The summed E-state index contributed by atoms with van der Waals surface area (Å²) in [5.41, 5.74) is 1.69. The first-order chi connectivity index (χ1) is 40.7. The van der Waals surface area contributed by atoms with Gasteiger partial charge in [-0.2, -0.15) is 13.2 Å². The summed E-state index contributed by atoms with van der Waals surface area (Å²) in [6.45, 7) is 14.6. The van der Waals surface area contributed by atoms with E-state index >= 15 is 4.39 Å². The number of hydrogen-bond acceptors (Lipinski definition) is 14. The summed E-state index contributed by atoms with van der Waals surface area (Å²) in [5, 5.41) is 21.8. The minimum Gasteiger partial charge on any atom is -0.391 e. The normalized spacial score (nSPS) is 18.8. The first kappa shape index (κ1) is 64.2. The minimum atomic E-state index is -5.01. The number of aliphatic hydroxyl groups excluding tert-OH is 1. The van der Waals surface area contributed by atoms with Crippen LogP contribution in [0.2, 0.25) is 0 Å². The number of unbranched alkanes of at least 4 members (excludes halogenated alkanes) is 1. The van der Waals surface area contributed by atoms with E-state index in [0.717, 1.165) is 21.7 Å². The Balaban J connectivity index is 0.774. The van der Waals surface area contributed by atoms with Gasteiger partial charge in [-0.1, -0.05) is 45.0 Å². The molecule has 0 saturated carbocycles. The van der Waals surface area contributed by atoms with E-state index < -0.39 is 64.6 Å². The molecule has 462 valence electrons. The summed E-state index contributed by atoms with van der Waals surface area (Å²) >= 11 is 1.55. The summed E-state index contributed by atoms with van der Waals surface area (Å²) in [6.07, 6.45) is -2.52. The predicted molar refractivity (Wildman–Crippen MR) is 320 cm³/mol. The number of aromatic amines is 1. The molecule has 6 heterocycles. The topological polar surface area (TPSA) is 246 Å². The number of halogens is 4. The number of carbonyl (C=O) groups excluding carboxylic acids is 6. The molecule has 6 amide bonds. The molecule has 0 spiro atoms. The van der Waals surface area contributed by atoms with Crippen molar-refractivity contribution in [3.8, 4) is 21.6 Å². The Morgan fingerprint density at radius 2 is 1.53 bits per heavy atom. The van der Waals surface area contributed by atoms with Crippen LogP contribution in [0.1, 0.15) is 107 Å². The monoisotopic (exact) mass is 1210 g/mol. The van der Waals surface area contributed by atoms with Crippen LogP contribution in [-0.2, 0) is 36.7 Å². The van der Waals surface area contributed by atoms with Crippen molar-refractivity contribution in [3.63, 3.8) is 0 Å². The average Bonchev–Trinajstić information content (AvgIpc) is 2.20. The molecule has 3 aliphatic heterocycles. The lowest BCUT2D eigenvalue weighted by atomic mass is 9.87. The Morgan fingerprint density at radius 3 is 2.17 bits per heavy atom. The number of piperazine rings is 2. The lowest BCUT2D eigenvalue weighted by Gasteiger charge is -2.44. The molecule has 3 saturated heterocycles. The van der Waals surface area contributed by atoms with Gasteiger partial charge < -0.3 is 51.0 Å². The molecule has 5 atom stereocenters. The second-order valence-electron chi connectivity index (χ2n) is 23.7. The smallest absolute Gasteiger partial charge is 0.391 e. The first-order valence-electron chi connectivity index (χ1n) is 29.0. The Kier molecular flexibility index (Phi) is 20.7. The molecule has 20 nitrogen and oxygen atoms in total. The molecule has 2 aromatic carbocycles. The number of likely N-dealkylation sites (tertiary alicyclic amines) is 1. The maximum absolute atomic E-state index is 16.2. The number of pyridine rings is 2. The first-order valence-corrected chi connectivity index (χ1v) is 29.8. The van der Waals surface area contributed by atoms with Crippen LogP contribution in [0, 0.1) is 18.2 Å². The third-order valence-corrected chi connectivity index (χ3v) is 17.0. The van der Waals surface area contributed by atoms with Gasteiger partial charge in [0.05, 0.1) is 44.7 Å². The van der Waals surface area contributed by atoms with Crippen molar-refractivity contribution in [2.75, 3.05) is 74.5 Å². The highest BCUT2D eigenvalue weighted by molar-refractivity contribution is 7.13. The number of benzene rings is 2. The molecule has 3 fully saturated rings.